The normalized spacial score (nSPS) is 10.8. The second-order valence-electron chi connectivity index (χ2n) is 3.35. The number of benzene rings is 1. The van der Waals surface area contributed by atoms with E-state index in [0.29, 0.717) is 5.82 Å². The van der Waals surface area contributed by atoms with Crippen LogP contribution in [0.4, 0.5) is 5.82 Å². The second-order valence-corrected chi connectivity index (χ2v) is 5.64. The van der Waals surface area contributed by atoms with Crippen molar-refractivity contribution in [2.45, 2.75) is 9.37 Å². The van der Waals surface area contributed by atoms with Crippen LogP contribution in [0.3, 0.4) is 0 Å². The number of aromatic nitrogens is 3. The highest BCUT2D eigenvalue weighted by atomic mass is 32.2. The van der Waals surface area contributed by atoms with Crippen molar-refractivity contribution < 1.29 is 0 Å². The van der Waals surface area contributed by atoms with Gasteiger partial charge in [-0.25, -0.2) is 4.98 Å². The zero-order valence-corrected chi connectivity index (χ0v) is 10.3. The van der Waals surface area contributed by atoms with Gasteiger partial charge in [0.05, 0.1) is 10.2 Å². The van der Waals surface area contributed by atoms with Gasteiger partial charge in [0.2, 0.25) is 0 Å². The van der Waals surface area contributed by atoms with Gasteiger partial charge in [0.25, 0.3) is 0 Å². The van der Waals surface area contributed by atoms with Crippen LogP contribution in [0.15, 0.2) is 45.8 Å². The number of rotatable bonds is 2. The SMILES string of the molecule is Nc1ccc(Sc2nc3ccccc3s2)nn1. The van der Waals surface area contributed by atoms with Crippen molar-refractivity contribution in [1.82, 2.24) is 15.2 Å². The van der Waals surface area contributed by atoms with Gasteiger partial charge in [-0.05, 0) is 36.0 Å². The predicted octanol–water partition coefficient (Wildman–Crippen LogP) is 2.82. The van der Waals surface area contributed by atoms with Crippen LogP contribution in [-0.4, -0.2) is 15.2 Å². The van der Waals surface area contributed by atoms with Gasteiger partial charge in [-0.1, -0.05) is 12.1 Å². The summed E-state index contributed by atoms with van der Waals surface area (Å²) in [5, 5.41) is 8.62. The third-order valence-electron chi connectivity index (χ3n) is 2.13. The van der Waals surface area contributed by atoms with Crippen LogP contribution in [-0.2, 0) is 0 Å². The molecule has 0 unspecified atom stereocenters. The molecule has 0 fully saturated rings. The van der Waals surface area contributed by atoms with E-state index in [1.54, 1.807) is 17.4 Å². The first-order chi connectivity index (χ1) is 8.31. The number of hydrogen-bond acceptors (Lipinski definition) is 6. The van der Waals surface area contributed by atoms with Crippen molar-refractivity contribution in [2.24, 2.45) is 0 Å². The van der Waals surface area contributed by atoms with Gasteiger partial charge in [0, 0.05) is 0 Å². The van der Waals surface area contributed by atoms with E-state index in [-0.39, 0.29) is 0 Å². The van der Waals surface area contributed by atoms with E-state index in [4.69, 9.17) is 5.73 Å². The number of hydrogen-bond donors (Lipinski definition) is 1. The molecule has 3 rings (SSSR count). The quantitative estimate of drug-likeness (QED) is 0.767. The summed E-state index contributed by atoms with van der Waals surface area (Å²) in [6, 6.07) is 11.6. The Hall–Kier alpha value is -1.66. The first kappa shape index (κ1) is 10.5. The zero-order valence-electron chi connectivity index (χ0n) is 8.70. The molecular formula is C11H8N4S2. The van der Waals surface area contributed by atoms with Crippen molar-refractivity contribution >= 4 is 39.1 Å². The molecule has 3 aromatic rings. The first-order valence-corrected chi connectivity index (χ1v) is 6.57. The minimum absolute atomic E-state index is 0.429. The highest BCUT2D eigenvalue weighted by Crippen LogP contribution is 2.32. The molecule has 0 radical (unpaired) electrons. The Labute approximate surface area is 106 Å². The molecule has 2 heterocycles. The average molecular weight is 260 g/mol. The van der Waals surface area contributed by atoms with E-state index in [0.717, 1.165) is 14.9 Å². The zero-order chi connectivity index (χ0) is 11.7. The minimum atomic E-state index is 0.429. The van der Waals surface area contributed by atoms with Gasteiger partial charge in [-0.15, -0.1) is 21.5 Å². The fourth-order valence-corrected chi connectivity index (χ4v) is 3.30. The lowest BCUT2D eigenvalue weighted by Gasteiger charge is -1.94. The van der Waals surface area contributed by atoms with Gasteiger partial charge >= 0.3 is 0 Å². The maximum absolute atomic E-state index is 5.49. The van der Waals surface area contributed by atoms with Crippen LogP contribution in [0.5, 0.6) is 0 Å². The van der Waals surface area contributed by atoms with Crippen molar-refractivity contribution in [1.29, 1.82) is 0 Å². The molecule has 1 aromatic carbocycles. The Balaban J connectivity index is 1.92. The van der Waals surface area contributed by atoms with Gasteiger partial charge in [-0.2, -0.15) is 0 Å². The average Bonchev–Trinajstić information content (AvgIpc) is 2.74. The number of thiazole rings is 1. The number of nitrogens with zero attached hydrogens (tertiary/aromatic N) is 3. The maximum atomic E-state index is 5.49. The molecule has 0 saturated carbocycles. The standard InChI is InChI=1S/C11H8N4S2/c12-9-5-6-10(15-14-9)17-11-13-7-3-1-2-4-8(7)16-11/h1-6H,(H2,12,14). The Morgan fingerprint density at radius 1 is 1.06 bits per heavy atom. The number of anilines is 1. The van der Waals surface area contributed by atoms with E-state index < -0.39 is 0 Å². The first-order valence-electron chi connectivity index (χ1n) is 4.94. The molecule has 0 aliphatic heterocycles. The summed E-state index contributed by atoms with van der Waals surface area (Å²) >= 11 is 3.15. The summed E-state index contributed by atoms with van der Waals surface area (Å²) in [5.74, 6) is 0.429. The van der Waals surface area contributed by atoms with E-state index >= 15 is 0 Å². The number of nitrogens with two attached hydrogens (primary N) is 1. The molecular weight excluding hydrogens is 252 g/mol. The van der Waals surface area contributed by atoms with Gasteiger partial charge < -0.3 is 5.73 Å². The van der Waals surface area contributed by atoms with Gasteiger partial charge in [0.1, 0.15) is 10.8 Å². The molecule has 0 amide bonds. The van der Waals surface area contributed by atoms with Crippen LogP contribution in [0.25, 0.3) is 10.2 Å². The summed E-state index contributed by atoms with van der Waals surface area (Å²) in [6.45, 7) is 0. The number of nitrogen functional groups attached to an aromatic ring is 1. The Morgan fingerprint density at radius 3 is 2.71 bits per heavy atom. The molecule has 0 spiro atoms. The molecule has 2 aromatic heterocycles. The lowest BCUT2D eigenvalue weighted by atomic mass is 10.3. The second kappa shape index (κ2) is 4.31. The van der Waals surface area contributed by atoms with E-state index in [1.165, 1.54) is 16.5 Å². The monoisotopic (exact) mass is 260 g/mol. The van der Waals surface area contributed by atoms with Crippen LogP contribution in [0.1, 0.15) is 0 Å². The summed E-state index contributed by atoms with van der Waals surface area (Å²) in [7, 11) is 0. The van der Waals surface area contributed by atoms with E-state index in [9.17, 15) is 0 Å². The minimum Gasteiger partial charge on any atom is -0.382 e. The van der Waals surface area contributed by atoms with Crippen LogP contribution in [0.2, 0.25) is 0 Å². The van der Waals surface area contributed by atoms with Gasteiger partial charge in [-0.3, -0.25) is 0 Å². The van der Waals surface area contributed by atoms with E-state index in [1.807, 2.05) is 24.3 Å². The Kier molecular flexibility index (Phi) is 2.66. The summed E-state index contributed by atoms with van der Waals surface area (Å²) in [5.41, 5.74) is 6.50. The molecule has 0 atom stereocenters. The van der Waals surface area contributed by atoms with Crippen molar-refractivity contribution in [2.75, 3.05) is 5.73 Å². The molecule has 84 valence electrons. The molecule has 6 heteroatoms. The largest absolute Gasteiger partial charge is 0.382 e. The molecule has 4 nitrogen and oxygen atoms in total. The fourth-order valence-electron chi connectivity index (χ4n) is 1.37. The number of fused-ring (bicyclic) bond motifs is 1. The predicted molar refractivity (Wildman–Crippen MR) is 70.2 cm³/mol. The van der Waals surface area contributed by atoms with Crippen LogP contribution in [0, 0.1) is 0 Å². The van der Waals surface area contributed by atoms with Crippen molar-refractivity contribution in [3.8, 4) is 0 Å². The fraction of sp³-hybridized carbons (Fsp3) is 0. The highest BCUT2D eigenvalue weighted by molar-refractivity contribution is 8.01. The number of para-hydroxylation sites is 1. The molecule has 0 aliphatic rings. The third kappa shape index (κ3) is 2.22. The van der Waals surface area contributed by atoms with Gasteiger partial charge in [0.15, 0.2) is 4.34 Å². The van der Waals surface area contributed by atoms with Crippen molar-refractivity contribution in [3.63, 3.8) is 0 Å². The summed E-state index contributed by atoms with van der Waals surface area (Å²) in [6.07, 6.45) is 0. The highest BCUT2D eigenvalue weighted by Gasteiger charge is 2.06. The molecule has 0 saturated heterocycles. The third-order valence-corrected chi connectivity index (χ3v) is 4.15. The van der Waals surface area contributed by atoms with E-state index in [2.05, 4.69) is 21.2 Å². The maximum Gasteiger partial charge on any atom is 0.157 e. The summed E-state index contributed by atoms with van der Waals surface area (Å²) in [4.78, 5) is 4.51. The van der Waals surface area contributed by atoms with Crippen LogP contribution >= 0.6 is 23.1 Å². The Bertz CT molecular complexity index is 615. The topological polar surface area (TPSA) is 64.7 Å². The smallest absolute Gasteiger partial charge is 0.157 e. The molecule has 0 bridgehead atoms. The molecule has 2 N–H and O–H groups in total. The van der Waals surface area contributed by atoms with Crippen LogP contribution < -0.4 is 5.73 Å². The molecule has 17 heavy (non-hydrogen) atoms. The molecule has 0 aliphatic carbocycles. The lowest BCUT2D eigenvalue weighted by molar-refractivity contribution is 0.938. The van der Waals surface area contributed by atoms with Crippen molar-refractivity contribution in [3.05, 3.63) is 36.4 Å². The Morgan fingerprint density at radius 2 is 1.94 bits per heavy atom. The summed E-state index contributed by atoms with van der Waals surface area (Å²) < 4.78 is 2.14. The lowest BCUT2D eigenvalue weighted by Crippen LogP contribution is -1.92.